The molecule has 120 valence electrons. The van der Waals surface area contributed by atoms with Crippen LogP contribution in [0.5, 0.6) is 0 Å². The molecule has 0 spiro atoms. The SMILES string of the molecule is COC(=O)Cc1c(C)nc(Cc2ccc([N+](=O)[O-])cc2)[nH]c1=O. The van der Waals surface area contributed by atoms with Crippen LogP contribution in [0.25, 0.3) is 0 Å². The Bertz CT molecular complexity index is 796. The molecular weight excluding hydrogens is 302 g/mol. The standard InChI is InChI=1S/C15H15N3O5/c1-9-12(8-14(19)23-2)15(20)17-13(16-9)7-10-3-5-11(6-4-10)18(21)22/h3-6H,7-8H2,1-2H3,(H,16,17,20). The highest BCUT2D eigenvalue weighted by atomic mass is 16.6. The molecule has 0 saturated heterocycles. The molecule has 0 atom stereocenters. The van der Waals surface area contributed by atoms with Gasteiger partial charge in [-0.3, -0.25) is 19.7 Å². The van der Waals surface area contributed by atoms with Gasteiger partial charge in [-0.15, -0.1) is 0 Å². The first-order valence-corrected chi connectivity index (χ1v) is 6.79. The summed E-state index contributed by atoms with van der Waals surface area (Å²) in [5.41, 5.74) is 1.11. The van der Waals surface area contributed by atoms with Crippen LogP contribution in [-0.4, -0.2) is 28.0 Å². The highest BCUT2D eigenvalue weighted by Crippen LogP contribution is 2.14. The summed E-state index contributed by atoms with van der Waals surface area (Å²) in [6.07, 6.45) is 0.190. The van der Waals surface area contributed by atoms with Crippen LogP contribution in [0.4, 0.5) is 5.69 Å². The lowest BCUT2D eigenvalue weighted by atomic mass is 10.1. The molecule has 0 amide bonds. The van der Waals surface area contributed by atoms with Crippen molar-refractivity contribution in [2.75, 3.05) is 7.11 Å². The van der Waals surface area contributed by atoms with Crippen LogP contribution in [0.15, 0.2) is 29.1 Å². The number of carbonyl (C=O) groups excluding carboxylic acids is 1. The van der Waals surface area contributed by atoms with Crippen LogP contribution in [0.1, 0.15) is 22.6 Å². The van der Waals surface area contributed by atoms with Crippen LogP contribution < -0.4 is 5.56 Å². The maximum absolute atomic E-state index is 12.1. The lowest BCUT2D eigenvalue weighted by Crippen LogP contribution is -2.22. The van der Waals surface area contributed by atoms with Gasteiger partial charge in [0.05, 0.1) is 18.5 Å². The maximum atomic E-state index is 12.1. The highest BCUT2D eigenvalue weighted by Gasteiger charge is 2.13. The molecule has 0 aliphatic heterocycles. The molecule has 1 N–H and O–H groups in total. The molecule has 0 unspecified atom stereocenters. The molecule has 0 bridgehead atoms. The molecular formula is C15H15N3O5. The fourth-order valence-corrected chi connectivity index (χ4v) is 2.11. The highest BCUT2D eigenvalue weighted by molar-refractivity contribution is 5.72. The Morgan fingerprint density at radius 2 is 2.00 bits per heavy atom. The van der Waals surface area contributed by atoms with E-state index in [1.807, 2.05) is 0 Å². The quantitative estimate of drug-likeness (QED) is 0.505. The smallest absolute Gasteiger partial charge is 0.310 e. The number of hydrogen-bond donors (Lipinski definition) is 1. The largest absolute Gasteiger partial charge is 0.469 e. The van der Waals surface area contributed by atoms with Gasteiger partial charge in [0, 0.05) is 29.8 Å². The fraction of sp³-hybridized carbons (Fsp3) is 0.267. The van der Waals surface area contributed by atoms with E-state index in [0.717, 1.165) is 5.56 Å². The summed E-state index contributed by atoms with van der Waals surface area (Å²) in [7, 11) is 1.25. The van der Waals surface area contributed by atoms with Gasteiger partial charge < -0.3 is 9.72 Å². The Labute approximate surface area is 131 Å². The summed E-state index contributed by atoms with van der Waals surface area (Å²) < 4.78 is 4.55. The van der Waals surface area contributed by atoms with Crippen molar-refractivity contribution in [2.24, 2.45) is 0 Å². The van der Waals surface area contributed by atoms with Crippen LogP contribution in [0.3, 0.4) is 0 Å². The molecule has 2 rings (SSSR count). The Kier molecular flexibility index (Phi) is 4.85. The second-order valence-electron chi connectivity index (χ2n) is 4.93. The van der Waals surface area contributed by atoms with Gasteiger partial charge in [-0.25, -0.2) is 4.98 Å². The first kappa shape index (κ1) is 16.3. The maximum Gasteiger partial charge on any atom is 0.310 e. The van der Waals surface area contributed by atoms with E-state index < -0.39 is 10.9 Å². The number of non-ortho nitro benzene ring substituents is 1. The van der Waals surface area contributed by atoms with E-state index in [-0.39, 0.29) is 23.2 Å². The Morgan fingerprint density at radius 1 is 1.35 bits per heavy atom. The first-order valence-electron chi connectivity index (χ1n) is 6.79. The van der Waals surface area contributed by atoms with Gasteiger partial charge in [-0.1, -0.05) is 12.1 Å². The van der Waals surface area contributed by atoms with E-state index >= 15 is 0 Å². The molecule has 0 radical (unpaired) electrons. The van der Waals surface area contributed by atoms with Gasteiger partial charge in [0.25, 0.3) is 11.2 Å². The zero-order chi connectivity index (χ0) is 17.0. The second kappa shape index (κ2) is 6.82. The number of nitrogens with one attached hydrogen (secondary N) is 1. The lowest BCUT2D eigenvalue weighted by molar-refractivity contribution is -0.384. The zero-order valence-corrected chi connectivity index (χ0v) is 12.7. The Morgan fingerprint density at radius 3 is 2.52 bits per heavy atom. The van der Waals surface area contributed by atoms with E-state index in [9.17, 15) is 19.7 Å². The third kappa shape index (κ3) is 4.00. The van der Waals surface area contributed by atoms with E-state index in [1.54, 1.807) is 19.1 Å². The van der Waals surface area contributed by atoms with E-state index in [2.05, 4.69) is 14.7 Å². The van der Waals surface area contributed by atoms with Crippen molar-refractivity contribution >= 4 is 11.7 Å². The van der Waals surface area contributed by atoms with Crippen molar-refractivity contribution in [2.45, 2.75) is 19.8 Å². The van der Waals surface area contributed by atoms with Crippen molar-refractivity contribution in [3.8, 4) is 0 Å². The fourth-order valence-electron chi connectivity index (χ4n) is 2.11. The first-order chi connectivity index (χ1) is 10.9. The summed E-state index contributed by atoms with van der Waals surface area (Å²) in [5, 5.41) is 10.6. The minimum absolute atomic E-state index is 0.000177. The molecule has 8 nitrogen and oxygen atoms in total. The molecule has 8 heteroatoms. The zero-order valence-electron chi connectivity index (χ0n) is 12.7. The average Bonchev–Trinajstić information content (AvgIpc) is 2.51. The third-order valence-corrected chi connectivity index (χ3v) is 3.34. The monoisotopic (exact) mass is 317 g/mol. The van der Waals surface area contributed by atoms with Crippen LogP contribution >= 0.6 is 0 Å². The lowest BCUT2D eigenvalue weighted by Gasteiger charge is -2.07. The topological polar surface area (TPSA) is 115 Å². The number of rotatable bonds is 5. The number of methoxy groups -OCH3 is 1. The average molecular weight is 317 g/mol. The number of nitro groups is 1. The molecule has 1 aromatic heterocycles. The van der Waals surface area contributed by atoms with Gasteiger partial charge in [0.15, 0.2) is 0 Å². The van der Waals surface area contributed by atoms with Crippen molar-refractivity contribution in [3.63, 3.8) is 0 Å². The number of carbonyl (C=O) groups is 1. The Hall–Kier alpha value is -3.03. The van der Waals surface area contributed by atoms with Crippen LogP contribution in [-0.2, 0) is 22.4 Å². The van der Waals surface area contributed by atoms with Crippen molar-refractivity contribution < 1.29 is 14.5 Å². The van der Waals surface area contributed by atoms with Crippen molar-refractivity contribution in [3.05, 3.63) is 67.4 Å². The number of esters is 1. The van der Waals surface area contributed by atoms with Crippen molar-refractivity contribution in [1.82, 2.24) is 9.97 Å². The number of benzene rings is 1. The number of nitrogens with zero attached hydrogens (tertiary/aromatic N) is 2. The molecule has 2 aromatic rings. The van der Waals surface area contributed by atoms with Gasteiger partial charge in [-0.05, 0) is 12.5 Å². The number of aryl methyl sites for hydroxylation is 1. The minimum atomic E-state index is -0.511. The predicted octanol–water partition coefficient (Wildman–Crippen LogP) is 1.29. The van der Waals surface area contributed by atoms with Gasteiger partial charge in [0.1, 0.15) is 5.82 Å². The molecule has 1 aromatic carbocycles. The molecule has 0 fully saturated rings. The van der Waals surface area contributed by atoms with E-state index in [4.69, 9.17) is 0 Å². The summed E-state index contributed by atoms with van der Waals surface area (Å²) in [6, 6.07) is 6.00. The van der Waals surface area contributed by atoms with Gasteiger partial charge >= 0.3 is 5.97 Å². The van der Waals surface area contributed by atoms with E-state index in [1.165, 1.54) is 19.2 Å². The molecule has 0 aliphatic rings. The number of aromatic amines is 1. The number of ether oxygens (including phenoxy) is 1. The summed E-state index contributed by atoms with van der Waals surface area (Å²) >= 11 is 0. The molecule has 1 heterocycles. The molecule has 0 saturated carbocycles. The predicted molar refractivity (Wildman–Crippen MR) is 81.2 cm³/mol. The van der Waals surface area contributed by atoms with Crippen molar-refractivity contribution in [1.29, 1.82) is 0 Å². The molecule has 23 heavy (non-hydrogen) atoms. The normalized spacial score (nSPS) is 10.3. The summed E-state index contributed by atoms with van der Waals surface area (Å²) in [5.74, 6) is -0.0847. The second-order valence-corrected chi connectivity index (χ2v) is 4.93. The number of nitro benzene ring substituents is 1. The Balaban J connectivity index is 2.22. The van der Waals surface area contributed by atoms with Gasteiger partial charge in [-0.2, -0.15) is 0 Å². The molecule has 0 aliphatic carbocycles. The van der Waals surface area contributed by atoms with Gasteiger partial charge in [0.2, 0.25) is 0 Å². The summed E-state index contributed by atoms with van der Waals surface area (Å²) in [6.45, 7) is 1.65. The number of H-pyrrole nitrogens is 1. The van der Waals surface area contributed by atoms with E-state index in [0.29, 0.717) is 17.9 Å². The van der Waals surface area contributed by atoms with Crippen LogP contribution in [0, 0.1) is 17.0 Å². The van der Waals surface area contributed by atoms with Crippen LogP contribution in [0.2, 0.25) is 0 Å². The number of hydrogen-bond acceptors (Lipinski definition) is 6. The minimum Gasteiger partial charge on any atom is -0.469 e. The number of aromatic nitrogens is 2. The third-order valence-electron chi connectivity index (χ3n) is 3.34. The summed E-state index contributed by atoms with van der Waals surface area (Å²) in [4.78, 5) is 40.4.